The van der Waals surface area contributed by atoms with E-state index in [9.17, 15) is 9.59 Å². The number of carbonyl (C=O) groups excluding carboxylic acids is 1. The van der Waals surface area contributed by atoms with Crippen LogP contribution in [0, 0.1) is 0 Å². The van der Waals surface area contributed by atoms with E-state index in [1.165, 1.54) is 7.11 Å². The first-order valence-electron chi connectivity index (χ1n) is 7.75. The van der Waals surface area contributed by atoms with Crippen molar-refractivity contribution in [2.45, 2.75) is 38.3 Å². The maximum atomic E-state index is 11.2. The van der Waals surface area contributed by atoms with Crippen LogP contribution in [0.3, 0.4) is 0 Å². The van der Waals surface area contributed by atoms with Crippen molar-refractivity contribution in [1.29, 1.82) is 0 Å². The number of carbonyl (C=O) groups is 2. The second-order valence-corrected chi connectivity index (χ2v) is 5.27. The van der Waals surface area contributed by atoms with Crippen LogP contribution in [0.2, 0.25) is 0 Å². The van der Waals surface area contributed by atoms with Crippen LogP contribution in [0.25, 0.3) is 0 Å². The number of ether oxygens (including phenoxy) is 2. The Morgan fingerprint density at radius 1 is 1.22 bits per heavy atom. The van der Waals surface area contributed by atoms with Gasteiger partial charge in [0.1, 0.15) is 0 Å². The molecule has 0 saturated carbocycles. The Balaban J connectivity index is 2.23. The number of carboxylic acids is 1. The Bertz CT molecular complexity index is 463. The van der Waals surface area contributed by atoms with Crippen molar-refractivity contribution in [2.75, 3.05) is 20.3 Å². The van der Waals surface area contributed by atoms with E-state index in [4.69, 9.17) is 9.84 Å². The fourth-order valence-corrected chi connectivity index (χ4v) is 2.14. The SMILES string of the molecule is COC(=O)CNC(CCCOCc1ccccc1)CCC(=O)O. The number of esters is 1. The molecule has 0 radical (unpaired) electrons. The molecule has 0 fully saturated rings. The predicted molar refractivity (Wildman–Crippen MR) is 86.0 cm³/mol. The molecule has 2 N–H and O–H groups in total. The molecule has 0 aliphatic carbocycles. The van der Waals surface area contributed by atoms with Crippen molar-refractivity contribution >= 4 is 11.9 Å². The van der Waals surface area contributed by atoms with Gasteiger partial charge in [-0.3, -0.25) is 9.59 Å². The zero-order valence-corrected chi connectivity index (χ0v) is 13.5. The molecule has 23 heavy (non-hydrogen) atoms. The van der Waals surface area contributed by atoms with Gasteiger partial charge in [0.15, 0.2) is 0 Å². The third-order valence-electron chi connectivity index (χ3n) is 3.42. The first-order chi connectivity index (χ1) is 11.1. The Labute approximate surface area is 136 Å². The van der Waals surface area contributed by atoms with Gasteiger partial charge in [-0.05, 0) is 24.8 Å². The molecule has 128 valence electrons. The van der Waals surface area contributed by atoms with Crippen molar-refractivity contribution in [3.8, 4) is 0 Å². The number of hydrogen-bond acceptors (Lipinski definition) is 5. The van der Waals surface area contributed by atoms with Crippen LogP contribution in [0.4, 0.5) is 0 Å². The lowest BCUT2D eigenvalue weighted by molar-refractivity contribution is -0.139. The molecule has 0 aromatic heterocycles. The molecule has 1 atom stereocenters. The molecule has 1 unspecified atom stereocenters. The summed E-state index contributed by atoms with van der Waals surface area (Å²) in [7, 11) is 1.33. The summed E-state index contributed by atoms with van der Waals surface area (Å²) in [5.41, 5.74) is 1.12. The summed E-state index contributed by atoms with van der Waals surface area (Å²) in [5.74, 6) is -1.19. The second kappa shape index (κ2) is 11.6. The molecular weight excluding hydrogens is 298 g/mol. The highest BCUT2D eigenvalue weighted by molar-refractivity contribution is 5.71. The highest BCUT2D eigenvalue weighted by Crippen LogP contribution is 2.07. The van der Waals surface area contributed by atoms with Crippen molar-refractivity contribution in [2.24, 2.45) is 0 Å². The summed E-state index contributed by atoms with van der Waals surface area (Å²) in [4.78, 5) is 21.8. The van der Waals surface area contributed by atoms with Crippen LogP contribution in [0.15, 0.2) is 30.3 Å². The third-order valence-corrected chi connectivity index (χ3v) is 3.42. The van der Waals surface area contributed by atoms with E-state index < -0.39 is 5.97 Å². The molecule has 0 saturated heterocycles. The molecule has 0 amide bonds. The first-order valence-corrected chi connectivity index (χ1v) is 7.75. The molecular formula is C17H25NO5. The summed E-state index contributed by atoms with van der Waals surface area (Å²) in [6.07, 6.45) is 2.10. The van der Waals surface area contributed by atoms with Gasteiger partial charge in [-0.25, -0.2) is 0 Å². The number of carboxylic acid groups (broad SMARTS) is 1. The van der Waals surface area contributed by atoms with Crippen LogP contribution in [0.5, 0.6) is 0 Å². The van der Waals surface area contributed by atoms with E-state index in [0.717, 1.165) is 18.4 Å². The standard InChI is InChI=1S/C17H25NO5/c1-22-17(21)12-18-15(9-10-16(19)20)8-5-11-23-13-14-6-3-2-4-7-14/h2-4,6-7,15,18H,5,8-13H2,1H3,(H,19,20). The average Bonchev–Trinajstić information content (AvgIpc) is 2.56. The lowest BCUT2D eigenvalue weighted by Crippen LogP contribution is -2.34. The number of rotatable bonds is 12. The Morgan fingerprint density at radius 3 is 2.61 bits per heavy atom. The van der Waals surface area contributed by atoms with Crippen LogP contribution in [0.1, 0.15) is 31.2 Å². The minimum absolute atomic E-state index is 0.0366. The fraction of sp³-hybridized carbons (Fsp3) is 0.529. The number of aliphatic carboxylic acids is 1. The van der Waals surface area contributed by atoms with Crippen molar-refractivity contribution < 1.29 is 24.2 Å². The first kappa shape index (κ1) is 19.1. The number of methoxy groups -OCH3 is 1. The molecule has 0 bridgehead atoms. The molecule has 0 spiro atoms. The highest BCUT2D eigenvalue weighted by atomic mass is 16.5. The fourth-order valence-electron chi connectivity index (χ4n) is 2.14. The topological polar surface area (TPSA) is 84.9 Å². The molecule has 1 rings (SSSR count). The number of nitrogens with one attached hydrogen (secondary N) is 1. The molecule has 0 aliphatic rings. The van der Waals surface area contributed by atoms with Gasteiger partial charge in [0.05, 0.1) is 20.3 Å². The maximum Gasteiger partial charge on any atom is 0.319 e. The van der Waals surface area contributed by atoms with E-state index >= 15 is 0 Å². The highest BCUT2D eigenvalue weighted by Gasteiger charge is 2.12. The van der Waals surface area contributed by atoms with E-state index in [1.807, 2.05) is 30.3 Å². The molecule has 6 heteroatoms. The van der Waals surface area contributed by atoms with Gasteiger partial charge in [0.2, 0.25) is 0 Å². The normalized spacial score (nSPS) is 11.9. The van der Waals surface area contributed by atoms with E-state index in [0.29, 0.717) is 19.6 Å². The van der Waals surface area contributed by atoms with Crippen LogP contribution in [-0.4, -0.2) is 43.3 Å². The summed E-state index contributed by atoms with van der Waals surface area (Å²) >= 11 is 0. The van der Waals surface area contributed by atoms with Gasteiger partial charge in [-0.15, -0.1) is 0 Å². The molecule has 1 aromatic rings. The lowest BCUT2D eigenvalue weighted by Gasteiger charge is -2.17. The molecule has 0 aliphatic heterocycles. The summed E-state index contributed by atoms with van der Waals surface area (Å²) in [6, 6.07) is 9.88. The van der Waals surface area contributed by atoms with Gasteiger partial charge in [-0.1, -0.05) is 30.3 Å². The van der Waals surface area contributed by atoms with Gasteiger partial charge in [0, 0.05) is 19.1 Å². The summed E-state index contributed by atoms with van der Waals surface area (Å²) in [5, 5.41) is 11.8. The Kier molecular flexibility index (Phi) is 9.66. The second-order valence-electron chi connectivity index (χ2n) is 5.27. The van der Waals surface area contributed by atoms with Crippen LogP contribution < -0.4 is 5.32 Å². The van der Waals surface area contributed by atoms with Crippen LogP contribution in [-0.2, 0) is 25.7 Å². The van der Waals surface area contributed by atoms with Crippen molar-refractivity contribution in [3.05, 3.63) is 35.9 Å². The van der Waals surface area contributed by atoms with Gasteiger partial charge in [0.25, 0.3) is 0 Å². The smallest absolute Gasteiger partial charge is 0.319 e. The maximum absolute atomic E-state index is 11.2. The lowest BCUT2D eigenvalue weighted by atomic mass is 10.1. The van der Waals surface area contributed by atoms with E-state index in [2.05, 4.69) is 10.1 Å². The third kappa shape index (κ3) is 9.65. The zero-order valence-electron chi connectivity index (χ0n) is 13.5. The van der Waals surface area contributed by atoms with Gasteiger partial charge >= 0.3 is 11.9 Å². The Hall–Kier alpha value is -1.92. The summed E-state index contributed by atoms with van der Waals surface area (Å²) < 4.78 is 10.2. The molecule has 1 aromatic carbocycles. The van der Waals surface area contributed by atoms with Crippen molar-refractivity contribution in [3.63, 3.8) is 0 Å². The quantitative estimate of drug-likeness (QED) is 0.452. The van der Waals surface area contributed by atoms with Crippen LogP contribution >= 0.6 is 0 Å². The zero-order chi connectivity index (χ0) is 16.9. The number of hydrogen-bond donors (Lipinski definition) is 2. The van der Waals surface area contributed by atoms with Crippen molar-refractivity contribution in [1.82, 2.24) is 5.32 Å². The molecule has 0 heterocycles. The van der Waals surface area contributed by atoms with E-state index in [1.54, 1.807) is 0 Å². The largest absolute Gasteiger partial charge is 0.481 e. The van der Waals surface area contributed by atoms with Gasteiger partial charge in [-0.2, -0.15) is 0 Å². The minimum atomic E-state index is -0.838. The Morgan fingerprint density at radius 2 is 1.96 bits per heavy atom. The number of benzene rings is 1. The summed E-state index contributed by atoms with van der Waals surface area (Å²) in [6.45, 7) is 1.25. The van der Waals surface area contributed by atoms with Gasteiger partial charge < -0.3 is 19.9 Å². The minimum Gasteiger partial charge on any atom is -0.481 e. The predicted octanol–water partition coefficient (Wildman–Crippen LogP) is 1.98. The molecule has 6 nitrogen and oxygen atoms in total. The monoisotopic (exact) mass is 323 g/mol. The average molecular weight is 323 g/mol. The van der Waals surface area contributed by atoms with E-state index in [-0.39, 0.29) is 25.0 Å².